The number of nitrogens with zero attached hydrogens (tertiary/aromatic N) is 1. The van der Waals surface area contributed by atoms with E-state index in [0.29, 0.717) is 6.04 Å². The second kappa shape index (κ2) is 4.91. The van der Waals surface area contributed by atoms with Gasteiger partial charge in [-0.2, -0.15) is 13.6 Å². The van der Waals surface area contributed by atoms with Gasteiger partial charge in [0.05, 0.1) is 0 Å². The first-order valence-electron chi connectivity index (χ1n) is 4.22. The number of hydrogen-bond donors (Lipinski definition) is 1. The van der Waals surface area contributed by atoms with E-state index in [1.165, 1.54) is 24.3 Å². The molecule has 1 unspecified atom stereocenters. The molecule has 0 amide bonds. The predicted molar refractivity (Wildman–Crippen MR) is 46.5 cm³/mol. The van der Waals surface area contributed by atoms with Crippen LogP contribution in [-0.2, 0) is 15.6 Å². The fourth-order valence-electron chi connectivity index (χ4n) is 1.61. The second-order valence-electron chi connectivity index (χ2n) is 3.13. The molecule has 0 radical (unpaired) electrons. The topological polar surface area (TPSA) is 49.8 Å². The Morgan fingerprint density at radius 3 is 2.50 bits per heavy atom. The highest BCUT2D eigenvalue weighted by molar-refractivity contribution is 7.74. The van der Waals surface area contributed by atoms with Crippen molar-refractivity contribution in [1.29, 1.82) is 0 Å². The minimum absolute atomic E-state index is 0.315. The molecule has 4 nitrogen and oxygen atoms in total. The van der Waals surface area contributed by atoms with Crippen LogP contribution >= 0.6 is 0 Å². The van der Waals surface area contributed by atoms with Crippen molar-refractivity contribution in [3.63, 3.8) is 0 Å². The number of hydrogen-bond acceptors (Lipinski definition) is 3. The lowest BCUT2D eigenvalue weighted by Crippen LogP contribution is -2.33. The van der Waals surface area contributed by atoms with Crippen molar-refractivity contribution in [3.8, 4) is 0 Å². The third kappa shape index (κ3) is 3.18. The van der Waals surface area contributed by atoms with E-state index < -0.39 is 11.4 Å². The highest BCUT2D eigenvalue weighted by Gasteiger charge is 2.19. The Bertz CT molecular complexity index is 159. The summed E-state index contributed by atoms with van der Waals surface area (Å²) in [4.78, 5) is 0. The van der Waals surface area contributed by atoms with Crippen LogP contribution in [0.25, 0.3) is 0 Å². The van der Waals surface area contributed by atoms with Gasteiger partial charge in [-0.25, -0.2) is 0 Å². The normalized spacial score (nSPS) is 22.9. The van der Waals surface area contributed by atoms with Crippen LogP contribution in [0.1, 0.15) is 32.1 Å². The fourth-order valence-corrected chi connectivity index (χ4v) is 1.93. The molecule has 72 valence electrons. The average molecular weight is 193 g/mol. The largest absolute Gasteiger partial charge is 0.319 e. The lowest BCUT2D eigenvalue weighted by Gasteiger charge is -2.28. The molecule has 1 fully saturated rings. The fraction of sp³-hybridized carbons (Fsp3) is 1.00. The van der Waals surface area contributed by atoms with Gasteiger partial charge in [0.15, 0.2) is 0 Å². The van der Waals surface area contributed by atoms with Crippen molar-refractivity contribution in [2.75, 3.05) is 7.05 Å². The van der Waals surface area contributed by atoms with E-state index >= 15 is 0 Å². The summed E-state index contributed by atoms with van der Waals surface area (Å²) in [5, 5.41) is 1.51. The molecule has 0 saturated heterocycles. The van der Waals surface area contributed by atoms with E-state index in [-0.39, 0.29) is 0 Å². The first-order valence-corrected chi connectivity index (χ1v) is 5.25. The van der Waals surface area contributed by atoms with Crippen LogP contribution in [0.3, 0.4) is 0 Å². The molecule has 1 rings (SSSR count). The summed E-state index contributed by atoms with van der Waals surface area (Å²) in [6.45, 7) is 0. The van der Waals surface area contributed by atoms with Crippen LogP contribution in [-0.4, -0.2) is 26.9 Å². The molecule has 0 spiro atoms. The molecule has 1 N–H and O–H groups in total. The molecular formula is C7H15NO3S. The second-order valence-corrected chi connectivity index (χ2v) is 3.71. The highest BCUT2D eigenvalue weighted by atomic mass is 32.2. The van der Waals surface area contributed by atoms with Gasteiger partial charge in [-0.05, 0) is 12.8 Å². The van der Waals surface area contributed by atoms with Gasteiger partial charge in [-0.1, -0.05) is 19.3 Å². The van der Waals surface area contributed by atoms with Crippen LogP contribution < -0.4 is 0 Å². The maximum atomic E-state index is 10.3. The third-order valence-corrected chi connectivity index (χ3v) is 2.63. The third-order valence-electron chi connectivity index (χ3n) is 2.27. The Labute approximate surface area is 75.3 Å². The zero-order valence-electron chi connectivity index (χ0n) is 7.23. The first-order chi connectivity index (χ1) is 5.70. The molecule has 0 aromatic carbocycles. The Kier molecular flexibility index (Phi) is 4.14. The van der Waals surface area contributed by atoms with E-state index in [4.69, 9.17) is 4.55 Å². The van der Waals surface area contributed by atoms with Crippen molar-refractivity contribution >= 4 is 11.4 Å². The summed E-state index contributed by atoms with van der Waals surface area (Å²) in [7, 11) is 1.71. The van der Waals surface area contributed by atoms with E-state index in [1.54, 1.807) is 7.05 Å². The molecule has 0 aromatic rings. The van der Waals surface area contributed by atoms with Crippen molar-refractivity contribution in [2.24, 2.45) is 0 Å². The average Bonchev–Trinajstić information content (AvgIpc) is 2.05. The summed E-state index contributed by atoms with van der Waals surface area (Å²) in [5.74, 6) is 0. The molecule has 0 bridgehead atoms. The molecule has 1 aliphatic carbocycles. The Hall–Kier alpha value is 0.0300. The monoisotopic (exact) mass is 193 g/mol. The van der Waals surface area contributed by atoms with E-state index in [9.17, 15) is 4.21 Å². The lowest BCUT2D eigenvalue weighted by molar-refractivity contribution is -0.0755. The van der Waals surface area contributed by atoms with E-state index in [0.717, 1.165) is 12.8 Å². The Balaban J connectivity index is 2.29. The lowest BCUT2D eigenvalue weighted by atomic mass is 9.96. The van der Waals surface area contributed by atoms with Gasteiger partial charge in [0.1, 0.15) is 0 Å². The summed E-state index contributed by atoms with van der Waals surface area (Å²) >= 11 is -2.17. The zero-order chi connectivity index (χ0) is 8.97. The highest BCUT2D eigenvalue weighted by Crippen LogP contribution is 2.21. The molecular weight excluding hydrogens is 178 g/mol. The van der Waals surface area contributed by atoms with Gasteiger partial charge in [-0.15, -0.1) is 0 Å². The molecule has 0 aromatic heterocycles. The molecule has 1 aliphatic rings. The first kappa shape index (κ1) is 10.1. The molecule has 0 heterocycles. The van der Waals surface area contributed by atoms with Crippen LogP contribution in [0.4, 0.5) is 0 Å². The van der Waals surface area contributed by atoms with Crippen molar-refractivity contribution < 1.29 is 13.0 Å². The van der Waals surface area contributed by atoms with Crippen LogP contribution in [0.5, 0.6) is 0 Å². The molecule has 5 heteroatoms. The Morgan fingerprint density at radius 2 is 2.00 bits per heavy atom. The quantitative estimate of drug-likeness (QED) is 0.542. The molecule has 12 heavy (non-hydrogen) atoms. The standard InChI is InChI=1S/C7H15NO3S/c1-8(11-12(9)10)7-5-3-2-4-6-7/h7H,2-6H2,1H3,(H,9,10). The summed E-state index contributed by atoms with van der Waals surface area (Å²) in [6, 6.07) is 0.315. The van der Waals surface area contributed by atoms with Gasteiger partial charge >= 0.3 is 11.4 Å². The maximum absolute atomic E-state index is 10.3. The van der Waals surface area contributed by atoms with Crippen LogP contribution in [0.15, 0.2) is 0 Å². The predicted octanol–water partition coefficient (Wildman–Crippen LogP) is 1.32. The van der Waals surface area contributed by atoms with E-state index in [2.05, 4.69) is 4.28 Å². The SMILES string of the molecule is CN(OS(=O)O)C1CCCCC1. The van der Waals surface area contributed by atoms with Gasteiger partial charge in [0.2, 0.25) is 0 Å². The Morgan fingerprint density at radius 1 is 1.42 bits per heavy atom. The number of rotatable bonds is 3. The smallest absolute Gasteiger partial charge is 0.283 e. The molecule has 1 saturated carbocycles. The number of hydroxylamine groups is 2. The summed E-state index contributed by atoms with van der Waals surface area (Å²) in [6.07, 6.45) is 5.78. The van der Waals surface area contributed by atoms with Crippen molar-refractivity contribution in [3.05, 3.63) is 0 Å². The minimum atomic E-state index is -2.17. The molecule has 1 atom stereocenters. The maximum Gasteiger partial charge on any atom is 0.319 e. The molecule has 0 aliphatic heterocycles. The minimum Gasteiger partial charge on any atom is -0.283 e. The van der Waals surface area contributed by atoms with Gasteiger partial charge in [-0.3, -0.25) is 4.55 Å². The summed E-state index contributed by atoms with van der Waals surface area (Å²) in [5.41, 5.74) is 0. The van der Waals surface area contributed by atoms with Crippen molar-refractivity contribution in [2.45, 2.75) is 38.1 Å². The summed E-state index contributed by atoms with van der Waals surface area (Å²) < 4.78 is 23.4. The van der Waals surface area contributed by atoms with Gasteiger partial charge in [0.25, 0.3) is 0 Å². The van der Waals surface area contributed by atoms with Gasteiger partial charge < -0.3 is 0 Å². The van der Waals surface area contributed by atoms with E-state index in [1.807, 2.05) is 0 Å². The van der Waals surface area contributed by atoms with Crippen LogP contribution in [0, 0.1) is 0 Å². The zero-order valence-corrected chi connectivity index (χ0v) is 8.05. The van der Waals surface area contributed by atoms with Crippen molar-refractivity contribution in [1.82, 2.24) is 5.06 Å². The van der Waals surface area contributed by atoms with Gasteiger partial charge in [0, 0.05) is 13.1 Å². The van der Waals surface area contributed by atoms with Crippen LogP contribution in [0.2, 0.25) is 0 Å².